The fourth-order valence-electron chi connectivity index (χ4n) is 2.47. The number of amides is 1. The number of nitrogens with zero attached hydrogens (tertiary/aromatic N) is 2. The lowest BCUT2D eigenvalue weighted by Gasteiger charge is -2.04. The Bertz CT molecular complexity index is 1160. The van der Waals surface area contributed by atoms with Gasteiger partial charge in [-0.05, 0) is 38.1 Å². The summed E-state index contributed by atoms with van der Waals surface area (Å²) in [6.07, 6.45) is 0.0558. The van der Waals surface area contributed by atoms with E-state index in [1.165, 1.54) is 6.92 Å². The molecule has 3 N–H and O–H groups in total. The van der Waals surface area contributed by atoms with Gasteiger partial charge in [-0.3, -0.25) is 19.4 Å². The number of hydrogen-bond acceptors (Lipinski definition) is 8. The number of aromatic amines is 2. The average molecular weight is 415 g/mol. The second-order valence-corrected chi connectivity index (χ2v) is 7.05. The highest BCUT2D eigenvalue weighted by atomic mass is 32.2. The zero-order valence-electron chi connectivity index (χ0n) is 15.6. The van der Waals surface area contributed by atoms with E-state index in [9.17, 15) is 19.2 Å². The summed E-state index contributed by atoms with van der Waals surface area (Å²) in [6.45, 7) is 3.07. The van der Waals surface area contributed by atoms with Gasteiger partial charge in [0.25, 0.3) is 10.8 Å². The summed E-state index contributed by atoms with van der Waals surface area (Å²) in [5.74, 6) is -0.106. The number of Topliss-reactive ketones (excluding diaryl/α,β-unsaturated/α-hetero) is 1. The zero-order valence-corrected chi connectivity index (χ0v) is 16.4. The largest absolute Gasteiger partial charge is 0.416 e. The smallest absolute Gasteiger partial charge is 0.325 e. The van der Waals surface area contributed by atoms with Crippen molar-refractivity contribution in [3.63, 3.8) is 0 Å². The maximum Gasteiger partial charge on any atom is 0.325 e. The Labute approximate surface area is 168 Å². The minimum Gasteiger partial charge on any atom is -0.416 e. The molecule has 3 aromatic rings. The molecule has 1 aromatic carbocycles. The Hall–Kier alpha value is -3.47. The van der Waals surface area contributed by atoms with Gasteiger partial charge < -0.3 is 14.7 Å². The van der Waals surface area contributed by atoms with Gasteiger partial charge in [0.2, 0.25) is 11.8 Å². The first-order chi connectivity index (χ1) is 13.8. The molecule has 0 bridgehead atoms. The lowest BCUT2D eigenvalue weighted by molar-refractivity contribution is -0.113. The first-order valence-electron chi connectivity index (χ1n) is 8.50. The van der Waals surface area contributed by atoms with E-state index in [0.717, 1.165) is 11.8 Å². The summed E-state index contributed by atoms with van der Waals surface area (Å²) < 4.78 is 5.45. The van der Waals surface area contributed by atoms with E-state index in [-0.39, 0.29) is 35.0 Å². The van der Waals surface area contributed by atoms with Gasteiger partial charge in [0.15, 0.2) is 5.78 Å². The minimum atomic E-state index is -0.583. The van der Waals surface area contributed by atoms with Gasteiger partial charge in [0, 0.05) is 22.5 Å². The number of H-pyrrole nitrogens is 2. The Morgan fingerprint density at radius 1 is 1.14 bits per heavy atom. The predicted octanol–water partition coefficient (Wildman–Crippen LogP) is 1.28. The summed E-state index contributed by atoms with van der Waals surface area (Å²) in [4.78, 5) is 51.1. The van der Waals surface area contributed by atoms with Crippen LogP contribution in [0.5, 0.6) is 0 Å². The van der Waals surface area contributed by atoms with Crippen LogP contribution in [0.25, 0.3) is 0 Å². The Morgan fingerprint density at radius 3 is 2.52 bits per heavy atom. The number of carbonyl (C=O) groups excluding carboxylic acids is 2. The standard InChI is InChI=1S/C18H17N5O5S/c1-9-13(16(26)21-17(27)19-9)7-15-22-23-18(28-15)29-8-14(25)20-12-5-3-11(4-6-12)10(2)24/h3-6H,7-8H2,1-2H3,(H,20,25)(H2,19,21,26,27). The van der Waals surface area contributed by atoms with Crippen LogP contribution < -0.4 is 16.6 Å². The molecule has 11 heteroatoms. The maximum absolute atomic E-state index is 12.1. The molecule has 0 unspecified atom stereocenters. The number of nitrogens with one attached hydrogen (secondary N) is 3. The lowest BCUT2D eigenvalue weighted by atomic mass is 10.1. The van der Waals surface area contributed by atoms with Crippen molar-refractivity contribution in [2.75, 3.05) is 11.1 Å². The first-order valence-corrected chi connectivity index (χ1v) is 9.48. The molecular formula is C18H17N5O5S. The quantitative estimate of drug-likeness (QED) is 0.386. The highest BCUT2D eigenvalue weighted by Gasteiger charge is 2.14. The van der Waals surface area contributed by atoms with Crippen LogP contribution >= 0.6 is 11.8 Å². The molecule has 0 aliphatic carbocycles. The Balaban J connectivity index is 1.56. The van der Waals surface area contributed by atoms with Crippen molar-refractivity contribution in [2.45, 2.75) is 25.5 Å². The number of ketones is 1. The highest BCUT2D eigenvalue weighted by molar-refractivity contribution is 7.99. The fraction of sp³-hybridized carbons (Fsp3) is 0.222. The topological polar surface area (TPSA) is 151 Å². The second-order valence-electron chi connectivity index (χ2n) is 6.12. The first kappa shape index (κ1) is 20.3. The van der Waals surface area contributed by atoms with Crippen LogP contribution in [0.4, 0.5) is 5.69 Å². The zero-order chi connectivity index (χ0) is 21.0. The molecule has 0 atom stereocenters. The van der Waals surface area contributed by atoms with Crippen LogP contribution in [0.1, 0.15) is 34.4 Å². The van der Waals surface area contributed by atoms with Gasteiger partial charge in [-0.2, -0.15) is 0 Å². The van der Waals surface area contributed by atoms with Gasteiger partial charge in [-0.15, -0.1) is 10.2 Å². The molecule has 0 aliphatic heterocycles. The van der Waals surface area contributed by atoms with Crippen molar-refractivity contribution >= 4 is 29.1 Å². The van der Waals surface area contributed by atoms with Crippen molar-refractivity contribution in [3.8, 4) is 0 Å². The highest BCUT2D eigenvalue weighted by Crippen LogP contribution is 2.18. The van der Waals surface area contributed by atoms with Crippen molar-refractivity contribution in [3.05, 3.63) is 67.8 Å². The van der Waals surface area contributed by atoms with E-state index in [4.69, 9.17) is 4.42 Å². The van der Waals surface area contributed by atoms with E-state index < -0.39 is 11.2 Å². The Morgan fingerprint density at radius 2 is 1.86 bits per heavy atom. The third-order valence-corrected chi connectivity index (χ3v) is 4.75. The molecular weight excluding hydrogens is 398 g/mol. The molecule has 0 saturated carbocycles. The number of aryl methyl sites for hydroxylation is 1. The number of benzene rings is 1. The monoisotopic (exact) mass is 415 g/mol. The molecule has 0 aliphatic rings. The van der Waals surface area contributed by atoms with Crippen LogP contribution in [0, 0.1) is 6.92 Å². The van der Waals surface area contributed by atoms with Crippen molar-refractivity contribution in [2.24, 2.45) is 0 Å². The normalized spacial score (nSPS) is 10.7. The molecule has 0 fully saturated rings. The molecule has 0 saturated heterocycles. The summed E-state index contributed by atoms with van der Waals surface area (Å²) in [7, 11) is 0. The van der Waals surface area contributed by atoms with E-state index in [2.05, 4.69) is 25.5 Å². The molecule has 0 radical (unpaired) electrons. The number of hydrogen-bond donors (Lipinski definition) is 3. The SMILES string of the molecule is CC(=O)c1ccc(NC(=O)CSc2nnc(Cc3c(C)[nH]c(=O)[nH]c3=O)o2)cc1. The summed E-state index contributed by atoms with van der Waals surface area (Å²) >= 11 is 1.05. The molecule has 0 spiro atoms. The number of aromatic nitrogens is 4. The molecule has 1 amide bonds. The number of anilines is 1. The van der Waals surface area contributed by atoms with Gasteiger partial charge in [-0.25, -0.2) is 4.79 Å². The second kappa shape index (κ2) is 8.69. The minimum absolute atomic E-state index is 0.0361. The number of thioether (sulfide) groups is 1. The van der Waals surface area contributed by atoms with Gasteiger partial charge in [-0.1, -0.05) is 11.8 Å². The predicted molar refractivity (Wildman–Crippen MR) is 105 cm³/mol. The van der Waals surface area contributed by atoms with E-state index in [1.807, 2.05) is 0 Å². The van der Waals surface area contributed by atoms with Gasteiger partial charge >= 0.3 is 5.69 Å². The summed E-state index contributed by atoms with van der Waals surface area (Å²) in [5, 5.41) is 10.6. The molecule has 29 heavy (non-hydrogen) atoms. The Kier molecular flexibility index (Phi) is 6.07. The average Bonchev–Trinajstić information content (AvgIpc) is 3.11. The molecule has 150 valence electrons. The molecule has 2 heterocycles. The lowest BCUT2D eigenvalue weighted by Crippen LogP contribution is -2.27. The third-order valence-electron chi connectivity index (χ3n) is 3.93. The maximum atomic E-state index is 12.1. The van der Waals surface area contributed by atoms with Gasteiger partial charge in [0.1, 0.15) is 0 Å². The van der Waals surface area contributed by atoms with E-state index >= 15 is 0 Å². The van der Waals surface area contributed by atoms with Crippen molar-refractivity contribution < 1.29 is 14.0 Å². The number of carbonyl (C=O) groups is 2. The van der Waals surface area contributed by atoms with Crippen molar-refractivity contribution in [1.29, 1.82) is 0 Å². The van der Waals surface area contributed by atoms with Gasteiger partial charge in [0.05, 0.1) is 12.2 Å². The summed E-state index contributed by atoms with van der Waals surface area (Å²) in [5.41, 5.74) is 0.763. The van der Waals surface area contributed by atoms with E-state index in [1.54, 1.807) is 31.2 Å². The van der Waals surface area contributed by atoms with Crippen molar-refractivity contribution in [1.82, 2.24) is 20.2 Å². The molecule has 2 aromatic heterocycles. The molecule has 3 rings (SSSR count). The molecule has 10 nitrogen and oxygen atoms in total. The van der Waals surface area contributed by atoms with E-state index in [0.29, 0.717) is 22.5 Å². The fourth-order valence-corrected chi connectivity index (χ4v) is 3.05. The van der Waals surface area contributed by atoms with Crippen LogP contribution in [0.15, 0.2) is 43.5 Å². The number of rotatable bonds is 7. The third kappa shape index (κ3) is 5.29. The van der Waals surface area contributed by atoms with Crippen LogP contribution in [0.3, 0.4) is 0 Å². The van der Waals surface area contributed by atoms with Crippen LogP contribution in [-0.4, -0.2) is 37.6 Å². The summed E-state index contributed by atoms with van der Waals surface area (Å²) in [6, 6.07) is 6.56. The van der Waals surface area contributed by atoms with Crippen LogP contribution in [0.2, 0.25) is 0 Å². The van der Waals surface area contributed by atoms with Crippen LogP contribution in [-0.2, 0) is 11.2 Å².